The first-order valence-corrected chi connectivity index (χ1v) is 7.37. The van der Waals surface area contributed by atoms with Crippen LogP contribution in [0.1, 0.15) is 86.5 Å². The fourth-order valence-corrected chi connectivity index (χ4v) is 2.37. The SMILES string of the molecule is CCC(C)(C)CCCCCC(C)CC(C)C. The Hall–Kier alpha value is 0. The van der Waals surface area contributed by atoms with E-state index in [1.165, 1.54) is 44.9 Å². The number of hydrogen-bond acceptors (Lipinski definition) is 0. The topological polar surface area (TPSA) is 0 Å². The molecular weight excluding hydrogens is 192 g/mol. The van der Waals surface area contributed by atoms with E-state index in [4.69, 9.17) is 0 Å². The van der Waals surface area contributed by atoms with E-state index in [2.05, 4.69) is 41.5 Å². The molecule has 0 bridgehead atoms. The van der Waals surface area contributed by atoms with Crippen molar-refractivity contribution in [2.24, 2.45) is 17.3 Å². The lowest BCUT2D eigenvalue weighted by Gasteiger charge is -2.22. The molecule has 0 nitrogen and oxygen atoms in total. The summed E-state index contributed by atoms with van der Waals surface area (Å²) in [5, 5.41) is 0. The maximum absolute atomic E-state index is 2.41. The van der Waals surface area contributed by atoms with Crippen molar-refractivity contribution in [2.75, 3.05) is 0 Å². The van der Waals surface area contributed by atoms with Gasteiger partial charge in [-0.05, 0) is 30.1 Å². The second kappa shape index (κ2) is 8.14. The van der Waals surface area contributed by atoms with Gasteiger partial charge in [-0.1, -0.05) is 73.6 Å². The van der Waals surface area contributed by atoms with E-state index < -0.39 is 0 Å². The van der Waals surface area contributed by atoms with E-state index in [9.17, 15) is 0 Å². The van der Waals surface area contributed by atoms with Gasteiger partial charge in [-0.15, -0.1) is 0 Å². The summed E-state index contributed by atoms with van der Waals surface area (Å²) in [4.78, 5) is 0. The largest absolute Gasteiger partial charge is 0.0649 e. The first-order chi connectivity index (χ1) is 7.37. The number of unbranched alkanes of at least 4 members (excludes halogenated alkanes) is 2. The third kappa shape index (κ3) is 9.24. The normalized spacial score (nSPS) is 14.4. The minimum absolute atomic E-state index is 0.573. The number of hydrogen-bond donors (Lipinski definition) is 0. The van der Waals surface area contributed by atoms with Gasteiger partial charge in [0.15, 0.2) is 0 Å². The average molecular weight is 226 g/mol. The molecule has 0 amide bonds. The van der Waals surface area contributed by atoms with E-state index >= 15 is 0 Å². The molecule has 0 rings (SSSR count). The summed E-state index contributed by atoms with van der Waals surface area (Å²) in [5.41, 5.74) is 0.573. The van der Waals surface area contributed by atoms with Crippen molar-refractivity contribution in [3.05, 3.63) is 0 Å². The molecule has 0 aromatic rings. The van der Waals surface area contributed by atoms with Crippen molar-refractivity contribution >= 4 is 0 Å². The van der Waals surface area contributed by atoms with E-state index in [1.54, 1.807) is 0 Å². The summed E-state index contributed by atoms with van der Waals surface area (Å²) in [5.74, 6) is 1.80. The van der Waals surface area contributed by atoms with Gasteiger partial charge in [-0.2, -0.15) is 0 Å². The van der Waals surface area contributed by atoms with Crippen LogP contribution in [0.5, 0.6) is 0 Å². The maximum Gasteiger partial charge on any atom is -0.0357 e. The Labute approximate surface area is 104 Å². The summed E-state index contributed by atoms with van der Waals surface area (Å²) >= 11 is 0. The Morgan fingerprint density at radius 3 is 2.06 bits per heavy atom. The quantitative estimate of drug-likeness (QED) is 0.419. The first kappa shape index (κ1) is 16.0. The van der Waals surface area contributed by atoms with Gasteiger partial charge in [0.25, 0.3) is 0 Å². The Balaban J connectivity index is 3.40. The minimum atomic E-state index is 0.573. The highest BCUT2D eigenvalue weighted by molar-refractivity contribution is 4.66. The molecule has 0 heteroatoms. The summed E-state index contributed by atoms with van der Waals surface area (Å²) in [6.45, 7) is 14.2. The average Bonchev–Trinajstić information content (AvgIpc) is 2.16. The van der Waals surface area contributed by atoms with E-state index in [-0.39, 0.29) is 0 Å². The van der Waals surface area contributed by atoms with Gasteiger partial charge in [0.2, 0.25) is 0 Å². The summed E-state index contributed by atoms with van der Waals surface area (Å²) in [6.07, 6.45) is 9.86. The molecule has 0 heterocycles. The maximum atomic E-state index is 2.41. The summed E-state index contributed by atoms with van der Waals surface area (Å²) < 4.78 is 0. The molecule has 0 fully saturated rings. The lowest BCUT2D eigenvalue weighted by molar-refractivity contribution is 0.303. The van der Waals surface area contributed by atoms with Crippen molar-refractivity contribution in [3.8, 4) is 0 Å². The summed E-state index contributed by atoms with van der Waals surface area (Å²) in [7, 11) is 0. The van der Waals surface area contributed by atoms with Crippen LogP contribution in [0.3, 0.4) is 0 Å². The monoisotopic (exact) mass is 226 g/mol. The lowest BCUT2D eigenvalue weighted by Crippen LogP contribution is -2.09. The molecule has 98 valence electrons. The fourth-order valence-electron chi connectivity index (χ4n) is 2.37. The van der Waals surface area contributed by atoms with Crippen molar-refractivity contribution in [1.82, 2.24) is 0 Å². The number of rotatable bonds is 9. The van der Waals surface area contributed by atoms with Gasteiger partial charge in [0, 0.05) is 0 Å². The molecule has 0 aromatic heterocycles. The van der Waals surface area contributed by atoms with Crippen LogP contribution in [-0.4, -0.2) is 0 Å². The van der Waals surface area contributed by atoms with Crippen LogP contribution in [-0.2, 0) is 0 Å². The highest BCUT2D eigenvalue weighted by atomic mass is 14.2. The second-order valence-corrected chi connectivity index (χ2v) is 6.85. The van der Waals surface area contributed by atoms with Crippen LogP contribution >= 0.6 is 0 Å². The standard InChI is InChI=1S/C16H34/c1-7-16(5,6)12-10-8-9-11-15(4)13-14(2)3/h14-15H,7-13H2,1-6H3. The predicted octanol–water partition coefficient (Wildman–Crippen LogP) is 6.06. The molecule has 0 aliphatic rings. The Bertz CT molecular complexity index is 155. The van der Waals surface area contributed by atoms with Gasteiger partial charge >= 0.3 is 0 Å². The molecule has 0 aliphatic carbocycles. The van der Waals surface area contributed by atoms with Crippen LogP contribution in [0.25, 0.3) is 0 Å². The van der Waals surface area contributed by atoms with Crippen LogP contribution in [0, 0.1) is 17.3 Å². The smallest absolute Gasteiger partial charge is 0.0357 e. The molecule has 0 saturated carbocycles. The van der Waals surface area contributed by atoms with E-state index in [1.807, 2.05) is 0 Å². The molecule has 0 spiro atoms. The first-order valence-electron chi connectivity index (χ1n) is 7.37. The van der Waals surface area contributed by atoms with Crippen molar-refractivity contribution < 1.29 is 0 Å². The molecule has 16 heavy (non-hydrogen) atoms. The van der Waals surface area contributed by atoms with Crippen LogP contribution < -0.4 is 0 Å². The van der Waals surface area contributed by atoms with E-state index in [0.29, 0.717) is 5.41 Å². The fraction of sp³-hybridized carbons (Fsp3) is 1.00. The Kier molecular flexibility index (Phi) is 8.14. The highest BCUT2D eigenvalue weighted by Gasteiger charge is 2.13. The zero-order valence-electron chi connectivity index (χ0n) is 12.6. The van der Waals surface area contributed by atoms with Crippen LogP contribution in [0.15, 0.2) is 0 Å². The highest BCUT2D eigenvalue weighted by Crippen LogP contribution is 2.27. The molecule has 0 N–H and O–H groups in total. The minimum Gasteiger partial charge on any atom is -0.0649 e. The third-order valence-corrected chi connectivity index (χ3v) is 3.88. The molecular formula is C16H34. The zero-order valence-corrected chi connectivity index (χ0v) is 12.6. The Morgan fingerprint density at radius 2 is 1.56 bits per heavy atom. The van der Waals surface area contributed by atoms with Crippen LogP contribution in [0.4, 0.5) is 0 Å². The molecule has 0 saturated heterocycles. The molecule has 1 atom stereocenters. The molecule has 0 radical (unpaired) electrons. The predicted molar refractivity (Wildman–Crippen MR) is 75.8 cm³/mol. The van der Waals surface area contributed by atoms with Gasteiger partial charge in [0.05, 0.1) is 0 Å². The van der Waals surface area contributed by atoms with Crippen LogP contribution in [0.2, 0.25) is 0 Å². The van der Waals surface area contributed by atoms with Crippen molar-refractivity contribution in [3.63, 3.8) is 0 Å². The van der Waals surface area contributed by atoms with Gasteiger partial charge < -0.3 is 0 Å². The van der Waals surface area contributed by atoms with Crippen molar-refractivity contribution in [2.45, 2.75) is 86.5 Å². The van der Waals surface area contributed by atoms with Gasteiger partial charge in [0.1, 0.15) is 0 Å². The van der Waals surface area contributed by atoms with E-state index in [0.717, 1.165) is 11.8 Å². The zero-order chi connectivity index (χ0) is 12.6. The third-order valence-electron chi connectivity index (χ3n) is 3.88. The van der Waals surface area contributed by atoms with Gasteiger partial charge in [-0.3, -0.25) is 0 Å². The second-order valence-electron chi connectivity index (χ2n) is 6.85. The molecule has 0 aliphatic heterocycles. The Morgan fingerprint density at radius 1 is 0.938 bits per heavy atom. The lowest BCUT2D eigenvalue weighted by atomic mass is 9.84. The summed E-state index contributed by atoms with van der Waals surface area (Å²) in [6, 6.07) is 0. The van der Waals surface area contributed by atoms with Crippen molar-refractivity contribution in [1.29, 1.82) is 0 Å². The molecule has 1 unspecified atom stereocenters. The van der Waals surface area contributed by atoms with Gasteiger partial charge in [-0.25, -0.2) is 0 Å². The molecule has 0 aromatic carbocycles.